The summed E-state index contributed by atoms with van der Waals surface area (Å²) in [6, 6.07) is 2.14. The summed E-state index contributed by atoms with van der Waals surface area (Å²) < 4.78 is 5.73. The van der Waals surface area contributed by atoms with E-state index in [-0.39, 0.29) is 29.7 Å². The first kappa shape index (κ1) is 14.7. The lowest BCUT2D eigenvalue weighted by Crippen LogP contribution is -2.54. The number of fused-ring (bicyclic) bond motifs is 1. The third-order valence-corrected chi connectivity index (χ3v) is 4.34. The molecular weight excluding hydrogens is 356 g/mol. The van der Waals surface area contributed by atoms with Gasteiger partial charge < -0.3 is 4.74 Å². The van der Waals surface area contributed by atoms with Crippen molar-refractivity contribution in [1.82, 2.24) is 10.2 Å². The molecule has 1 atom stereocenters. The van der Waals surface area contributed by atoms with Crippen LogP contribution in [0, 0.1) is 0 Å². The van der Waals surface area contributed by atoms with E-state index in [1.165, 1.54) is 13.2 Å². The van der Waals surface area contributed by atoms with Crippen LogP contribution in [0.3, 0.4) is 0 Å². The van der Waals surface area contributed by atoms with E-state index in [1.807, 2.05) is 0 Å². The number of amides is 4. The van der Waals surface area contributed by atoms with Gasteiger partial charge in [0, 0.05) is 6.42 Å². The lowest BCUT2D eigenvalue weighted by Gasteiger charge is -2.27. The summed E-state index contributed by atoms with van der Waals surface area (Å²) >= 11 is 3.26. The Morgan fingerprint density at radius 1 is 1.23 bits per heavy atom. The zero-order valence-electron chi connectivity index (χ0n) is 11.5. The summed E-state index contributed by atoms with van der Waals surface area (Å²) in [7, 11) is 1.40. The highest BCUT2D eigenvalue weighted by molar-refractivity contribution is 9.10. The van der Waals surface area contributed by atoms with Crippen LogP contribution in [0.4, 0.5) is 0 Å². The number of benzene rings is 1. The molecule has 1 N–H and O–H groups in total. The maximum absolute atomic E-state index is 12.6. The molecule has 0 aliphatic carbocycles. The minimum absolute atomic E-state index is 0.0879. The van der Waals surface area contributed by atoms with Crippen LogP contribution >= 0.6 is 15.9 Å². The van der Waals surface area contributed by atoms with Gasteiger partial charge in [0.05, 0.1) is 22.7 Å². The Labute approximate surface area is 133 Å². The Morgan fingerprint density at radius 2 is 1.95 bits per heavy atom. The molecule has 3 rings (SSSR count). The predicted octanol–water partition coefficient (Wildman–Crippen LogP) is 0.859. The number of carbonyl (C=O) groups excluding carboxylic acids is 4. The van der Waals surface area contributed by atoms with Gasteiger partial charge in [-0.05, 0) is 34.5 Å². The van der Waals surface area contributed by atoms with Gasteiger partial charge in [-0.1, -0.05) is 0 Å². The first-order valence-electron chi connectivity index (χ1n) is 6.53. The Morgan fingerprint density at radius 3 is 2.59 bits per heavy atom. The van der Waals surface area contributed by atoms with Gasteiger partial charge in [-0.15, -0.1) is 0 Å². The van der Waals surface area contributed by atoms with Gasteiger partial charge in [0.25, 0.3) is 11.8 Å². The highest BCUT2D eigenvalue weighted by atomic mass is 79.9. The molecular formula is C14H11BrN2O5. The molecule has 0 bridgehead atoms. The van der Waals surface area contributed by atoms with Crippen LogP contribution in [-0.4, -0.2) is 41.7 Å². The number of piperidine rings is 1. The fourth-order valence-electron chi connectivity index (χ4n) is 2.70. The van der Waals surface area contributed by atoms with Crippen molar-refractivity contribution in [3.63, 3.8) is 0 Å². The summed E-state index contributed by atoms with van der Waals surface area (Å²) in [6.07, 6.45) is 0.213. The average molecular weight is 367 g/mol. The zero-order valence-corrected chi connectivity index (χ0v) is 13.1. The number of halogens is 1. The number of nitrogens with zero attached hydrogens (tertiary/aromatic N) is 1. The Bertz CT molecular complexity index is 730. The van der Waals surface area contributed by atoms with Gasteiger partial charge in [-0.3, -0.25) is 29.4 Å². The van der Waals surface area contributed by atoms with Crippen LogP contribution in [0.5, 0.6) is 5.75 Å². The Kier molecular flexibility index (Phi) is 3.48. The summed E-state index contributed by atoms with van der Waals surface area (Å²) in [4.78, 5) is 49.1. The Balaban J connectivity index is 2.04. The van der Waals surface area contributed by atoms with Gasteiger partial charge in [-0.2, -0.15) is 0 Å². The molecule has 1 aromatic carbocycles. The van der Waals surface area contributed by atoms with Gasteiger partial charge in [0.1, 0.15) is 11.8 Å². The van der Waals surface area contributed by atoms with Crippen LogP contribution in [0.25, 0.3) is 0 Å². The van der Waals surface area contributed by atoms with Crippen molar-refractivity contribution in [3.8, 4) is 5.75 Å². The van der Waals surface area contributed by atoms with Crippen LogP contribution in [0.1, 0.15) is 33.6 Å². The number of rotatable bonds is 2. The van der Waals surface area contributed by atoms with E-state index in [4.69, 9.17) is 4.74 Å². The van der Waals surface area contributed by atoms with Crippen LogP contribution in [0.15, 0.2) is 16.6 Å². The van der Waals surface area contributed by atoms with Crippen molar-refractivity contribution in [2.75, 3.05) is 7.11 Å². The molecule has 0 radical (unpaired) electrons. The maximum Gasteiger partial charge on any atom is 0.266 e. The lowest BCUT2D eigenvalue weighted by molar-refractivity contribution is -0.136. The normalized spacial score (nSPS) is 21.0. The van der Waals surface area contributed by atoms with Crippen molar-refractivity contribution in [1.29, 1.82) is 0 Å². The smallest absolute Gasteiger partial charge is 0.266 e. The fourth-order valence-corrected chi connectivity index (χ4v) is 3.19. The molecule has 0 aromatic heterocycles. The van der Waals surface area contributed by atoms with Gasteiger partial charge in [0.2, 0.25) is 11.8 Å². The van der Waals surface area contributed by atoms with Crippen LogP contribution in [0.2, 0.25) is 0 Å². The average Bonchev–Trinajstić information content (AvgIpc) is 2.72. The van der Waals surface area contributed by atoms with Crippen LogP contribution in [-0.2, 0) is 9.59 Å². The van der Waals surface area contributed by atoms with Crippen LogP contribution < -0.4 is 10.1 Å². The second kappa shape index (κ2) is 5.20. The summed E-state index contributed by atoms with van der Waals surface area (Å²) in [5, 5.41) is 2.15. The number of methoxy groups -OCH3 is 1. The molecule has 0 spiro atoms. The number of hydrogen-bond acceptors (Lipinski definition) is 5. The van der Waals surface area contributed by atoms with Gasteiger partial charge in [-0.25, -0.2) is 0 Å². The van der Waals surface area contributed by atoms with Crippen molar-refractivity contribution >= 4 is 39.6 Å². The quantitative estimate of drug-likeness (QED) is 0.783. The van der Waals surface area contributed by atoms with E-state index < -0.39 is 29.7 Å². The molecule has 4 amide bonds. The molecule has 114 valence electrons. The molecule has 8 heteroatoms. The third-order valence-electron chi connectivity index (χ3n) is 3.72. The van der Waals surface area contributed by atoms with Crippen molar-refractivity contribution in [2.45, 2.75) is 18.9 Å². The molecule has 2 heterocycles. The largest absolute Gasteiger partial charge is 0.495 e. The standard InChI is InChI=1S/C14H11BrN2O5/c1-22-11-7(15)3-2-6-10(11)14(21)17(13(6)20)8-4-5-9(18)16-12(8)19/h2-3,8H,4-5H2,1H3,(H,16,18,19). The molecule has 22 heavy (non-hydrogen) atoms. The zero-order chi connectivity index (χ0) is 16.0. The summed E-state index contributed by atoms with van der Waals surface area (Å²) in [5.74, 6) is -1.93. The van der Waals surface area contributed by atoms with Gasteiger partial charge >= 0.3 is 0 Å². The van der Waals surface area contributed by atoms with E-state index >= 15 is 0 Å². The van der Waals surface area contributed by atoms with Crippen molar-refractivity contribution in [3.05, 3.63) is 27.7 Å². The number of nitrogens with one attached hydrogen (secondary N) is 1. The monoisotopic (exact) mass is 366 g/mol. The molecule has 1 fully saturated rings. The highest BCUT2D eigenvalue weighted by Crippen LogP contribution is 2.38. The van der Waals surface area contributed by atoms with E-state index in [1.54, 1.807) is 6.07 Å². The van der Waals surface area contributed by atoms with Crippen molar-refractivity contribution < 1.29 is 23.9 Å². The number of imide groups is 2. The molecule has 0 saturated carbocycles. The molecule has 1 unspecified atom stereocenters. The highest BCUT2D eigenvalue weighted by Gasteiger charge is 2.46. The van der Waals surface area contributed by atoms with Crippen molar-refractivity contribution in [2.24, 2.45) is 0 Å². The number of ether oxygens (including phenoxy) is 1. The molecule has 1 saturated heterocycles. The predicted molar refractivity (Wildman–Crippen MR) is 77.4 cm³/mol. The number of hydrogen-bond donors (Lipinski definition) is 1. The maximum atomic E-state index is 12.6. The first-order valence-corrected chi connectivity index (χ1v) is 7.33. The topological polar surface area (TPSA) is 92.8 Å². The first-order chi connectivity index (χ1) is 10.5. The summed E-state index contributed by atoms with van der Waals surface area (Å²) in [5.41, 5.74) is 0.321. The third kappa shape index (κ3) is 2.02. The SMILES string of the molecule is COc1c(Br)ccc2c1C(=O)N(C1CCC(=O)NC1=O)C2=O. The second-order valence-electron chi connectivity index (χ2n) is 4.95. The van der Waals surface area contributed by atoms with E-state index in [9.17, 15) is 19.2 Å². The second-order valence-corrected chi connectivity index (χ2v) is 5.80. The Hall–Kier alpha value is -2.22. The van der Waals surface area contributed by atoms with Gasteiger partial charge in [0.15, 0.2) is 0 Å². The minimum Gasteiger partial charge on any atom is -0.495 e. The lowest BCUT2D eigenvalue weighted by atomic mass is 10.0. The fraction of sp³-hybridized carbons (Fsp3) is 0.286. The molecule has 1 aromatic rings. The molecule has 7 nitrogen and oxygen atoms in total. The van der Waals surface area contributed by atoms with E-state index in [0.29, 0.717) is 4.47 Å². The molecule has 2 aliphatic rings. The molecule has 2 aliphatic heterocycles. The summed E-state index contributed by atoms with van der Waals surface area (Å²) in [6.45, 7) is 0. The van der Waals surface area contributed by atoms with E-state index in [2.05, 4.69) is 21.2 Å². The minimum atomic E-state index is -0.978. The number of carbonyl (C=O) groups is 4. The van der Waals surface area contributed by atoms with E-state index in [0.717, 1.165) is 4.90 Å².